The van der Waals surface area contributed by atoms with Gasteiger partial charge < -0.3 is 30.3 Å². The Kier molecular flexibility index (Phi) is 6.65. The van der Waals surface area contributed by atoms with Gasteiger partial charge in [-0.05, 0) is 19.0 Å². The van der Waals surface area contributed by atoms with Crippen molar-refractivity contribution in [3.05, 3.63) is 24.8 Å². The van der Waals surface area contributed by atoms with Crippen LogP contribution < -0.4 is 11.1 Å². The van der Waals surface area contributed by atoms with Gasteiger partial charge in [0.05, 0.1) is 25.1 Å². The lowest BCUT2D eigenvalue weighted by Crippen LogP contribution is -2.28. The molecule has 3 unspecified atom stereocenters. The predicted octanol–water partition coefficient (Wildman–Crippen LogP) is 1.19. The molecule has 0 aromatic carbocycles. The highest BCUT2D eigenvalue weighted by molar-refractivity contribution is 7.32. The summed E-state index contributed by atoms with van der Waals surface area (Å²) < 4.78 is 23.3. The van der Waals surface area contributed by atoms with Gasteiger partial charge in [-0.3, -0.25) is 9.13 Å². The predicted molar refractivity (Wildman–Crippen MR) is 93.8 cm³/mol. The Labute approximate surface area is 147 Å². The number of ether oxygens (including phenoxy) is 1. The molecular formula is C15H27N4O5P. The zero-order valence-electron chi connectivity index (χ0n) is 14.6. The van der Waals surface area contributed by atoms with Crippen LogP contribution in [0.5, 0.6) is 0 Å². The second-order valence-corrected chi connectivity index (χ2v) is 7.21. The van der Waals surface area contributed by atoms with Gasteiger partial charge in [0.25, 0.3) is 0 Å². The van der Waals surface area contributed by atoms with Crippen molar-refractivity contribution in [2.45, 2.75) is 45.2 Å². The first-order valence-electron chi connectivity index (χ1n) is 8.16. The average Bonchev–Trinajstić information content (AvgIpc) is 3.06. The zero-order chi connectivity index (χ0) is 18.7. The summed E-state index contributed by atoms with van der Waals surface area (Å²) >= 11 is 0. The van der Waals surface area contributed by atoms with Crippen molar-refractivity contribution in [3.8, 4) is 0 Å². The third-order valence-electron chi connectivity index (χ3n) is 4.82. The van der Waals surface area contributed by atoms with Crippen molar-refractivity contribution in [1.29, 1.82) is 0 Å². The van der Waals surface area contributed by atoms with Gasteiger partial charge in [0, 0.05) is 5.92 Å². The van der Waals surface area contributed by atoms with Gasteiger partial charge in [-0.25, -0.2) is 4.98 Å². The normalized spacial score (nSPS) is 30.0. The molecule has 7 atom stereocenters. The lowest BCUT2D eigenvalue weighted by Gasteiger charge is -2.21. The fourth-order valence-electron chi connectivity index (χ4n) is 3.02. The first kappa shape index (κ1) is 19.9. The molecule has 1 fully saturated rings. The summed E-state index contributed by atoms with van der Waals surface area (Å²) in [5, 5.41) is 13.3. The number of anilines is 1. The van der Waals surface area contributed by atoms with E-state index in [-0.39, 0.29) is 36.8 Å². The van der Waals surface area contributed by atoms with Gasteiger partial charge in [0.1, 0.15) is 23.8 Å². The monoisotopic (exact) mass is 374 g/mol. The second kappa shape index (κ2) is 8.33. The van der Waals surface area contributed by atoms with E-state index in [2.05, 4.69) is 16.9 Å². The Hall–Kier alpha value is -1.38. The van der Waals surface area contributed by atoms with Crippen LogP contribution in [0, 0.1) is 11.8 Å². The minimum absolute atomic E-state index is 0.0423. The van der Waals surface area contributed by atoms with E-state index in [0.29, 0.717) is 11.5 Å². The summed E-state index contributed by atoms with van der Waals surface area (Å²) in [4.78, 5) is 13.1. The number of nitrogen functional groups attached to an aromatic ring is 1. The van der Waals surface area contributed by atoms with Crippen molar-refractivity contribution in [2.75, 3.05) is 12.3 Å². The molecule has 142 valence electrons. The Bertz CT molecular complexity index is 625. The maximum absolute atomic E-state index is 10.8. The van der Waals surface area contributed by atoms with Crippen molar-refractivity contribution >= 4 is 14.1 Å². The molecule has 5 N–H and O–H groups in total. The van der Waals surface area contributed by atoms with Crippen LogP contribution in [0.1, 0.15) is 38.8 Å². The minimum Gasteiger partial charge on any atom is -0.386 e. The van der Waals surface area contributed by atoms with Crippen LogP contribution in [0.4, 0.5) is 5.82 Å². The summed E-state index contributed by atoms with van der Waals surface area (Å²) in [5.41, 5.74) is 6.55. The Morgan fingerprint density at radius 3 is 2.88 bits per heavy atom. The number of nitrogens with one attached hydrogen (secondary N) is 1. The number of aliphatic hydroxyl groups is 1. The Morgan fingerprint density at radius 1 is 1.60 bits per heavy atom. The SMILES string of the molecule is C=CNC(C)C(O)c1ncn([C@@H]2O[C@H](CO[PH](=O)O)[C@@H](C)[C@H]2C)c1N. The third kappa shape index (κ3) is 4.24. The van der Waals surface area contributed by atoms with Gasteiger partial charge in [-0.1, -0.05) is 20.4 Å². The second-order valence-electron chi connectivity index (χ2n) is 6.39. The Morgan fingerprint density at radius 2 is 2.28 bits per heavy atom. The topological polar surface area (TPSA) is 132 Å². The summed E-state index contributed by atoms with van der Waals surface area (Å²) in [6.45, 7) is 9.42. The number of hydrogen-bond acceptors (Lipinski definition) is 7. The average molecular weight is 374 g/mol. The molecule has 1 aromatic heterocycles. The lowest BCUT2D eigenvalue weighted by atomic mass is 9.93. The van der Waals surface area contributed by atoms with E-state index in [1.54, 1.807) is 17.8 Å². The largest absolute Gasteiger partial charge is 0.386 e. The van der Waals surface area contributed by atoms with E-state index in [1.807, 2.05) is 13.8 Å². The third-order valence-corrected chi connectivity index (χ3v) is 5.23. The van der Waals surface area contributed by atoms with Gasteiger partial charge in [-0.2, -0.15) is 0 Å². The van der Waals surface area contributed by atoms with Crippen LogP contribution in [0.3, 0.4) is 0 Å². The van der Waals surface area contributed by atoms with Gasteiger partial charge in [0.15, 0.2) is 0 Å². The van der Waals surface area contributed by atoms with Gasteiger partial charge >= 0.3 is 8.25 Å². The molecule has 2 rings (SSSR count). The van der Waals surface area contributed by atoms with E-state index in [0.717, 1.165) is 0 Å². The number of imidazole rings is 1. The van der Waals surface area contributed by atoms with E-state index < -0.39 is 14.4 Å². The van der Waals surface area contributed by atoms with E-state index in [9.17, 15) is 9.67 Å². The highest BCUT2D eigenvalue weighted by Gasteiger charge is 2.41. The van der Waals surface area contributed by atoms with Crippen molar-refractivity contribution in [2.24, 2.45) is 11.8 Å². The quantitative estimate of drug-likeness (QED) is 0.499. The molecule has 0 amide bonds. The summed E-state index contributed by atoms with van der Waals surface area (Å²) in [7, 11) is -3.00. The Balaban J connectivity index is 2.16. The molecule has 1 saturated heterocycles. The molecule has 2 heterocycles. The van der Waals surface area contributed by atoms with E-state index in [1.165, 1.54) is 6.20 Å². The fraction of sp³-hybridized carbons (Fsp3) is 0.667. The van der Waals surface area contributed by atoms with Crippen LogP contribution in [0.2, 0.25) is 0 Å². The highest BCUT2D eigenvalue weighted by Crippen LogP contribution is 2.41. The molecule has 0 bridgehead atoms. The molecule has 0 aliphatic carbocycles. The van der Waals surface area contributed by atoms with Gasteiger partial charge in [-0.15, -0.1) is 0 Å². The summed E-state index contributed by atoms with van der Waals surface area (Å²) in [6, 6.07) is -0.299. The fourth-order valence-corrected chi connectivity index (χ4v) is 3.32. The molecule has 0 saturated carbocycles. The van der Waals surface area contributed by atoms with Crippen LogP contribution in [-0.4, -0.2) is 38.3 Å². The summed E-state index contributed by atoms with van der Waals surface area (Å²) in [5.74, 6) is 0.509. The van der Waals surface area contributed by atoms with E-state index >= 15 is 0 Å². The highest BCUT2D eigenvalue weighted by atomic mass is 31.1. The molecule has 0 spiro atoms. The first-order chi connectivity index (χ1) is 11.8. The maximum Gasteiger partial charge on any atom is 0.316 e. The number of aliphatic hydroxyl groups excluding tert-OH is 1. The van der Waals surface area contributed by atoms with E-state index in [4.69, 9.17) is 19.9 Å². The standard InChI is InChI=1S/C15H27N4O5P/c1-5-17-10(4)13(20)12-14(16)19(7-18-12)15-9(3)8(2)11(24-15)6-23-25(21)22/h5,7-11,13,15,17,20,25H,1,6,16H2,2-4H3,(H,21,22)/t8-,9+,10?,11+,13?,15+/m0/s1. The number of nitrogens with two attached hydrogens (primary N) is 1. The molecule has 1 aliphatic rings. The van der Waals surface area contributed by atoms with Crippen molar-refractivity contribution < 1.29 is 23.8 Å². The first-order valence-corrected chi connectivity index (χ1v) is 9.42. The van der Waals surface area contributed by atoms with Gasteiger partial charge in [0.2, 0.25) is 0 Å². The lowest BCUT2D eigenvalue weighted by molar-refractivity contribution is -0.0302. The molecule has 1 aliphatic heterocycles. The number of nitrogens with zero attached hydrogens (tertiary/aromatic N) is 2. The molecule has 25 heavy (non-hydrogen) atoms. The molecule has 9 nitrogen and oxygen atoms in total. The summed E-state index contributed by atoms with van der Waals surface area (Å²) in [6.07, 6.45) is 1.44. The van der Waals surface area contributed by atoms with Crippen LogP contribution >= 0.6 is 8.25 Å². The van der Waals surface area contributed by atoms with Crippen LogP contribution in [0.25, 0.3) is 0 Å². The number of aromatic nitrogens is 2. The van der Waals surface area contributed by atoms with Crippen molar-refractivity contribution in [3.63, 3.8) is 0 Å². The molecular weight excluding hydrogens is 347 g/mol. The van der Waals surface area contributed by atoms with Crippen LogP contribution in [-0.2, 0) is 13.8 Å². The molecule has 0 radical (unpaired) electrons. The van der Waals surface area contributed by atoms with Crippen molar-refractivity contribution in [1.82, 2.24) is 14.9 Å². The smallest absolute Gasteiger partial charge is 0.316 e. The number of rotatable bonds is 8. The molecule has 10 heteroatoms. The number of hydrogen-bond donors (Lipinski definition) is 4. The molecule has 1 aromatic rings. The zero-order valence-corrected chi connectivity index (χ0v) is 15.6. The minimum atomic E-state index is -3.00. The van der Waals surface area contributed by atoms with Crippen LogP contribution in [0.15, 0.2) is 19.1 Å². The maximum atomic E-state index is 10.8.